The van der Waals surface area contributed by atoms with E-state index in [-0.39, 0.29) is 12.1 Å². The van der Waals surface area contributed by atoms with Crippen molar-refractivity contribution in [1.29, 1.82) is 0 Å². The Morgan fingerprint density at radius 1 is 1.00 bits per heavy atom. The minimum atomic E-state index is -0.712. The van der Waals surface area contributed by atoms with Crippen LogP contribution in [-0.4, -0.2) is 29.4 Å². The SMILES string of the molecule is O=C1OC(c2ccccc2)CN(C2CCCCC2)C1=O. The molecule has 0 radical (unpaired) electrons. The Balaban J connectivity index is 1.79. The number of benzene rings is 1. The molecular formula is C16H19NO3. The van der Waals surface area contributed by atoms with Crippen molar-refractivity contribution in [2.45, 2.75) is 44.2 Å². The van der Waals surface area contributed by atoms with Gasteiger partial charge in [0.1, 0.15) is 6.10 Å². The Morgan fingerprint density at radius 2 is 1.70 bits per heavy atom. The molecule has 20 heavy (non-hydrogen) atoms. The monoisotopic (exact) mass is 273 g/mol. The van der Waals surface area contributed by atoms with Crippen molar-refractivity contribution in [2.75, 3.05) is 6.54 Å². The molecule has 106 valence electrons. The van der Waals surface area contributed by atoms with Gasteiger partial charge in [-0.1, -0.05) is 49.6 Å². The number of hydrogen-bond acceptors (Lipinski definition) is 3. The van der Waals surface area contributed by atoms with E-state index < -0.39 is 11.9 Å². The molecule has 1 atom stereocenters. The van der Waals surface area contributed by atoms with Gasteiger partial charge in [-0.15, -0.1) is 0 Å². The van der Waals surface area contributed by atoms with Crippen LogP contribution in [0.5, 0.6) is 0 Å². The first-order chi connectivity index (χ1) is 9.75. The molecule has 1 aromatic rings. The zero-order valence-corrected chi connectivity index (χ0v) is 11.5. The topological polar surface area (TPSA) is 46.6 Å². The second kappa shape index (κ2) is 5.65. The van der Waals surface area contributed by atoms with Gasteiger partial charge in [-0.2, -0.15) is 0 Å². The normalized spacial score (nSPS) is 24.6. The molecule has 1 aromatic carbocycles. The zero-order valence-electron chi connectivity index (χ0n) is 11.5. The molecule has 1 saturated carbocycles. The van der Waals surface area contributed by atoms with Crippen LogP contribution in [0.15, 0.2) is 30.3 Å². The van der Waals surface area contributed by atoms with Crippen molar-refractivity contribution in [3.05, 3.63) is 35.9 Å². The maximum atomic E-state index is 12.1. The van der Waals surface area contributed by atoms with Crippen molar-refractivity contribution in [2.24, 2.45) is 0 Å². The average molecular weight is 273 g/mol. The lowest BCUT2D eigenvalue weighted by Gasteiger charge is -2.39. The number of rotatable bonds is 2. The number of nitrogens with zero attached hydrogens (tertiary/aromatic N) is 1. The van der Waals surface area contributed by atoms with Gasteiger partial charge in [-0.05, 0) is 18.4 Å². The smallest absolute Gasteiger partial charge is 0.397 e. The molecule has 4 heteroatoms. The summed E-state index contributed by atoms with van der Waals surface area (Å²) in [5.41, 5.74) is 0.953. The molecule has 2 aliphatic rings. The van der Waals surface area contributed by atoms with E-state index in [1.807, 2.05) is 30.3 Å². The van der Waals surface area contributed by atoms with Crippen LogP contribution < -0.4 is 0 Å². The third kappa shape index (κ3) is 2.55. The van der Waals surface area contributed by atoms with Gasteiger partial charge in [0.05, 0.1) is 6.54 Å². The quantitative estimate of drug-likeness (QED) is 0.614. The van der Waals surface area contributed by atoms with E-state index in [4.69, 9.17) is 4.74 Å². The van der Waals surface area contributed by atoms with Crippen molar-refractivity contribution >= 4 is 11.9 Å². The fourth-order valence-corrected chi connectivity index (χ4v) is 3.14. The minimum absolute atomic E-state index is 0.204. The minimum Gasteiger partial charge on any atom is -0.448 e. The molecule has 1 amide bonds. The summed E-state index contributed by atoms with van der Waals surface area (Å²) in [5.74, 6) is -1.18. The van der Waals surface area contributed by atoms with Crippen LogP contribution in [0.2, 0.25) is 0 Å². The zero-order chi connectivity index (χ0) is 13.9. The van der Waals surface area contributed by atoms with Crippen molar-refractivity contribution in [3.63, 3.8) is 0 Å². The summed E-state index contributed by atoms with van der Waals surface area (Å²) in [6.07, 6.45) is 5.17. The highest BCUT2D eigenvalue weighted by molar-refractivity contribution is 6.33. The van der Waals surface area contributed by atoms with Gasteiger partial charge in [-0.3, -0.25) is 4.79 Å². The summed E-state index contributed by atoms with van der Waals surface area (Å²) in [4.78, 5) is 25.6. The Kier molecular flexibility index (Phi) is 3.72. The summed E-state index contributed by atoms with van der Waals surface area (Å²) in [6.45, 7) is 0.485. The van der Waals surface area contributed by atoms with E-state index in [0.717, 1.165) is 31.2 Å². The maximum absolute atomic E-state index is 12.1. The molecule has 2 fully saturated rings. The molecule has 1 aliphatic carbocycles. The Labute approximate surface area is 118 Å². The Bertz CT molecular complexity index is 494. The standard InChI is InChI=1S/C16H19NO3/c18-15-16(19)20-14(12-7-3-1-4-8-12)11-17(15)13-9-5-2-6-10-13/h1,3-4,7-8,13-14H,2,5-6,9-11H2. The molecular weight excluding hydrogens is 254 g/mol. The third-order valence-electron chi connectivity index (χ3n) is 4.23. The summed E-state index contributed by atoms with van der Waals surface area (Å²) in [5, 5.41) is 0. The molecule has 1 saturated heterocycles. The average Bonchev–Trinajstić information content (AvgIpc) is 2.51. The predicted molar refractivity (Wildman–Crippen MR) is 73.9 cm³/mol. The highest BCUT2D eigenvalue weighted by Gasteiger charge is 2.38. The van der Waals surface area contributed by atoms with Gasteiger partial charge < -0.3 is 9.64 Å². The molecule has 0 N–H and O–H groups in total. The summed E-state index contributed by atoms with van der Waals surface area (Å²) < 4.78 is 5.28. The van der Waals surface area contributed by atoms with Crippen LogP contribution in [0.3, 0.4) is 0 Å². The largest absolute Gasteiger partial charge is 0.448 e. The highest BCUT2D eigenvalue weighted by Crippen LogP contribution is 2.29. The molecule has 0 aromatic heterocycles. The van der Waals surface area contributed by atoms with Crippen LogP contribution in [-0.2, 0) is 14.3 Å². The number of morpholine rings is 1. The van der Waals surface area contributed by atoms with E-state index in [0.29, 0.717) is 6.54 Å². The number of hydrogen-bond donors (Lipinski definition) is 0. The van der Waals surface area contributed by atoms with Gasteiger partial charge in [0, 0.05) is 6.04 Å². The van der Waals surface area contributed by atoms with E-state index in [2.05, 4.69) is 0 Å². The highest BCUT2D eigenvalue weighted by atomic mass is 16.6. The fourth-order valence-electron chi connectivity index (χ4n) is 3.14. The summed E-state index contributed by atoms with van der Waals surface area (Å²) in [6, 6.07) is 9.85. The van der Waals surface area contributed by atoms with E-state index in [9.17, 15) is 9.59 Å². The number of esters is 1. The van der Waals surface area contributed by atoms with Gasteiger partial charge >= 0.3 is 11.9 Å². The summed E-state index contributed by atoms with van der Waals surface area (Å²) >= 11 is 0. The van der Waals surface area contributed by atoms with Crippen LogP contribution >= 0.6 is 0 Å². The van der Waals surface area contributed by atoms with Gasteiger partial charge in [0.2, 0.25) is 0 Å². The van der Waals surface area contributed by atoms with Crippen LogP contribution in [0.25, 0.3) is 0 Å². The number of cyclic esters (lactones) is 1. The molecule has 0 bridgehead atoms. The van der Waals surface area contributed by atoms with Crippen molar-refractivity contribution in [1.82, 2.24) is 4.90 Å². The number of carbonyl (C=O) groups is 2. The van der Waals surface area contributed by atoms with Gasteiger partial charge in [0.25, 0.3) is 0 Å². The second-order valence-corrected chi connectivity index (χ2v) is 5.55. The lowest BCUT2D eigenvalue weighted by Crippen LogP contribution is -2.51. The first-order valence-corrected chi connectivity index (χ1v) is 7.32. The third-order valence-corrected chi connectivity index (χ3v) is 4.23. The van der Waals surface area contributed by atoms with E-state index >= 15 is 0 Å². The van der Waals surface area contributed by atoms with E-state index in [1.54, 1.807) is 4.90 Å². The van der Waals surface area contributed by atoms with Gasteiger partial charge in [0.15, 0.2) is 0 Å². The number of carbonyl (C=O) groups excluding carboxylic acids is 2. The van der Waals surface area contributed by atoms with Crippen LogP contribution in [0.4, 0.5) is 0 Å². The summed E-state index contributed by atoms with van der Waals surface area (Å²) in [7, 11) is 0. The molecule has 1 aliphatic heterocycles. The maximum Gasteiger partial charge on any atom is 0.397 e. The molecule has 1 unspecified atom stereocenters. The lowest BCUT2D eigenvalue weighted by molar-refractivity contribution is -0.175. The molecule has 4 nitrogen and oxygen atoms in total. The fraction of sp³-hybridized carbons (Fsp3) is 0.500. The van der Waals surface area contributed by atoms with E-state index in [1.165, 1.54) is 6.42 Å². The molecule has 0 spiro atoms. The predicted octanol–water partition coefficient (Wildman–Crippen LogP) is 2.45. The first kappa shape index (κ1) is 13.2. The molecule has 1 heterocycles. The lowest BCUT2D eigenvalue weighted by atomic mass is 9.93. The van der Waals surface area contributed by atoms with Crippen molar-refractivity contribution in [3.8, 4) is 0 Å². The second-order valence-electron chi connectivity index (χ2n) is 5.55. The number of ether oxygens (including phenoxy) is 1. The first-order valence-electron chi connectivity index (χ1n) is 7.32. The van der Waals surface area contributed by atoms with Gasteiger partial charge in [-0.25, -0.2) is 4.79 Å². The molecule has 3 rings (SSSR count). The Morgan fingerprint density at radius 3 is 2.40 bits per heavy atom. The Hall–Kier alpha value is -1.84. The number of amides is 1. The van der Waals surface area contributed by atoms with Crippen LogP contribution in [0, 0.1) is 0 Å². The van der Waals surface area contributed by atoms with Crippen LogP contribution in [0.1, 0.15) is 43.8 Å². The van der Waals surface area contributed by atoms with Crippen molar-refractivity contribution < 1.29 is 14.3 Å².